The molecule has 0 saturated heterocycles. The molecule has 1 aromatic rings. The summed E-state index contributed by atoms with van der Waals surface area (Å²) in [6.45, 7) is 5.04. The Balaban J connectivity index is 2.09. The van der Waals surface area contributed by atoms with Crippen molar-refractivity contribution in [2.75, 3.05) is 13.2 Å². The average Bonchev–Trinajstić information content (AvgIpc) is 2.68. The molecule has 0 heterocycles. The number of benzene rings is 1. The predicted octanol–water partition coefficient (Wildman–Crippen LogP) is 8.31. The largest absolute Gasteiger partial charge is 0.512 e. The third-order valence-electron chi connectivity index (χ3n) is 4.70. The predicted molar refractivity (Wildman–Crippen MR) is 131 cm³/mol. The van der Waals surface area contributed by atoms with Crippen LogP contribution in [-0.2, 0) is 4.79 Å². The number of halogens is 2. The summed E-state index contributed by atoms with van der Waals surface area (Å²) in [6.07, 6.45) is 13.2. The van der Waals surface area contributed by atoms with Gasteiger partial charge in [0.1, 0.15) is 11.5 Å². The summed E-state index contributed by atoms with van der Waals surface area (Å²) in [5.41, 5.74) is 0. The van der Waals surface area contributed by atoms with Crippen molar-refractivity contribution in [3.8, 4) is 11.5 Å². The lowest BCUT2D eigenvalue weighted by Crippen LogP contribution is -2.00. The van der Waals surface area contributed by atoms with E-state index in [1.54, 1.807) is 0 Å². The standard InChI is InChI=1S/C24H36Br2O4/c1-3-4-14-29-23-17-22(26)24(18-21(23)25)30-15-12-10-8-6-5-7-9-11-13-20(28)16-19(2)27/h16-18,28H,3-15H2,1-2H3. The molecule has 4 nitrogen and oxygen atoms in total. The van der Waals surface area contributed by atoms with Crippen LogP contribution in [0.4, 0.5) is 0 Å². The number of hydrogen-bond acceptors (Lipinski definition) is 4. The van der Waals surface area contributed by atoms with Gasteiger partial charge in [0.2, 0.25) is 0 Å². The number of unbranched alkanes of at least 4 members (excludes halogenated alkanes) is 8. The molecule has 0 aliphatic heterocycles. The van der Waals surface area contributed by atoms with Gasteiger partial charge in [-0.1, -0.05) is 51.9 Å². The van der Waals surface area contributed by atoms with E-state index in [4.69, 9.17) is 9.47 Å². The number of aliphatic hydroxyl groups excluding tert-OH is 1. The zero-order chi connectivity index (χ0) is 22.2. The molecule has 0 atom stereocenters. The first-order valence-corrected chi connectivity index (χ1v) is 12.7. The average molecular weight is 548 g/mol. The fourth-order valence-corrected chi connectivity index (χ4v) is 3.89. The fourth-order valence-electron chi connectivity index (χ4n) is 3.02. The number of aliphatic hydroxyl groups is 1. The SMILES string of the molecule is CCCCOc1cc(Br)c(OCCCCCCCCCCC(O)=CC(C)=O)cc1Br. The Kier molecular flexibility index (Phi) is 15.0. The summed E-state index contributed by atoms with van der Waals surface area (Å²) in [5.74, 6) is 1.80. The first kappa shape index (κ1) is 27.0. The Morgan fingerprint density at radius 1 is 0.867 bits per heavy atom. The van der Waals surface area contributed by atoms with Crippen molar-refractivity contribution in [3.05, 3.63) is 32.9 Å². The zero-order valence-corrected chi connectivity index (χ0v) is 21.5. The number of carbonyl (C=O) groups excluding carboxylic acids is 1. The van der Waals surface area contributed by atoms with Crippen molar-refractivity contribution in [1.82, 2.24) is 0 Å². The quantitative estimate of drug-likeness (QED) is 0.121. The number of ether oxygens (including phenoxy) is 2. The van der Waals surface area contributed by atoms with Gasteiger partial charge in [-0.3, -0.25) is 4.79 Å². The maximum Gasteiger partial charge on any atom is 0.155 e. The third kappa shape index (κ3) is 12.6. The van der Waals surface area contributed by atoms with Gasteiger partial charge >= 0.3 is 0 Å². The van der Waals surface area contributed by atoms with Gasteiger partial charge in [-0.2, -0.15) is 0 Å². The van der Waals surface area contributed by atoms with E-state index in [2.05, 4.69) is 38.8 Å². The first-order chi connectivity index (χ1) is 14.4. The van der Waals surface area contributed by atoms with Crippen LogP contribution in [-0.4, -0.2) is 24.1 Å². The molecule has 1 rings (SSSR count). The Morgan fingerprint density at radius 2 is 1.33 bits per heavy atom. The highest BCUT2D eigenvalue weighted by atomic mass is 79.9. The number of allylic oxidation sites excluding steroid dienone is 2. The lowest BCUT2D eigenvalue weighted by atomic mass is 10.1. The maximum absolute atomic E-state index is 10.9. The van der Waals surface area contributed by atoms with Crippen LogP contribution in [0.25, 0.3) is 0 Å². The van der Waals surface area contributed by atoms with E-state index in [-0.39, 0.29) is 11.5 Å². The molecular formula is C24H36Br2O4. The Bertz CT molecular complexity index is 659. The highest BCUT2D eigenvalue weighted by molar-refractivity contribution is 9.11. The zero-order valence-electron chi connectivity index (χ0n) is 18.4. The van der Waals surface area contributed by atoms with Crippen LogP contribution in [0.1, 0.15) is 84.5 Å². The van der Waals surface area contributed by atoms with Crippen molar-refractivity contribution in [3.63, 3.8) is 0 Å². The summed E-state index contributed by atoms with van der Waals surface area (Å²) >= 11 is 7.14. The van der Waals surface area contributed by atoms with E-state index in [0.29, 0.717) is 13.0 Å². The van der Waals surface area contributed by atoms with Crippen LogP contribution in [0.2, 0.25) is 0 Å². The van der Waals surface area contributed by atoms with Crippen molar-refractivity contribution < 1.29 is 19.4 Å². The molecule has 0 fully saturated rings. The topological polar surface area (TPSA) is 55.8 Å². The summed E-state index contributed by atoms with van der Waals surface area (Å²) < 4.78 is 13.5. The highest BCUT2D eigenvalue weighted by Crippen LogP contribution is 2.36. The van der Waals surface area contributed by atoms with E-state index < -0.39 is 0 Å². The van der Waals surface area contributed by atoms with Gasteiger partial charge in [0, 0.05) is 12.5 Å². The van der Waals surface area contributed by atoms with Crippen LogP contribution in [0, 0.1) is 0 Å². The van der Waals surface area contributed by atoms with Crippen LogP contribution < -0.4 is 9.47 Å². The number of ketones is 1. The highest BCUT2D eigenvalue weighted by Gasteiger charge is 2.09. The minimum atomic E-state index is -0.0927. The molecule has 30 heavy (non-hydrogen) atoms. The van der Waals surface area contributed by atoms with Crippen molar-refractivity contribution >= 4 is 37.6 Å². The fraction of sp³-hybridized carbons (Fsp3) is 0.625. The van der Waals surface area contributed by atoms with Crippen molar-refractivity contribution in [2.24, 2.45) is 0 Å². The molecule has 170 valence electrons. The van der Waals surface area contributed by atoms with Crippen molar-refractivity contribution in [2.45, 2.75) is 84.5 Å². The van der Waals surface area contributed by atoms with Gasteiger partial charge in [-0.25, -0.2) is 0 Å². The van der Waals surface area contributed by atoms with Gasteiger partial charge in [-0.15, -0.1) is 0 Å². The van der Waals surface area contributed by atoms with Crippen LogP contribution in [0.5, 0.6) is 11.5 Å². The Labute approximate surface area is 198 Å². The molecule has 0 aliphatic carbocycles. The summed E-state index contributed by atoms with van der Waals surface area (Å²) in [7, 11) is 0. The van der Waals surface area contributed by atoms with Gasteiger partial charge in [0.05, 0.1) is 27.9 Å². The molecule has 0 radical (unpaired) electrons. The molecular weight excluding hydrogens is 512 g/mol. The van der Waals surface area contributed by atoms with Gasteiger partial charge in [-0.05, 0) is 70.2 Å². The molecule has 1 N–H and O–H groups in total. The van der Waals surface area contributed by atoms with Crippen LogP contribution >= 0.6 is 31.9 Å². The lowest BCUT2D eigenvalue weighted by molar-refractivity contribution is -0.112. The third-order valence-corrected chi connectivity index (χ3v) is 5.94. The Morgan fingerprint density at radius 3 is 1.83 bits per heavy atom. The second-order valence-electron chi connectivity index (χ2n) is 7.59. The van der Waals surface area contributed by atoms with Gasteiger partial charge in [0.25, 0.3) is 0 Å². The molecule has 0 aliphatic rings. The monoisotopic (exact) mass is 546 g/mol. The number of hydrogen-bond donors (Lipinski definition) is 1. The smallest absolute Gasteiger partial charge is 0.155 e. The molecule has 1 aromatic carbocycles. The molecule has 0 aromatic heterocycles. The molecule has 0 unspecified atom stereocenters. The maximum atomic E-state index is 10.9. The minimum absolute atomic E-state index is 0.0927. The second-order valence-corrected chi connectivity index (χ2v) is 9.30. The van der Waals surface area contributed by atoms with Gasteiger partial charge < -0.3 is 14.6 Å². The molecule has 0 bridgehead atoms. The normalized spacial score (nSPS) is 11.5. The molecule has 0 spiro atoms. The summed E-state index contributed by atoms with van der Waals surface area (Å²) in [6, 6.07) is 3.93. The van der Waals surface area contributed by atoms with Crippen molar-refractivity contribution in [1.29, 1.82) is 0 Å². The first-order valence-electron chi connectivity index (χ1n) is 11.1. The Hall–Kier alpha value is -1.01. The summed E-state index contributed by atoms with van der Waals surface area (Å²) in [5, 5.41) is 9.53. The number of rotatable bonds is 17. The second kappa shape index (κ2) is 16.7. The molecule has 0 amide bonds. The number of carbonyl (C=O) groups is 1. The van der Waals surface area contributed by atoms with Crippen LogP contribution in [0.15, 0.2) is 32.9 Å². The van der Waals surface area contributed by atoms with E-state index in [9.17, 15) is 9.90 Å². The van der Waals surface area contributed by atoms with E-state index in [1.807, 2.05) is 12.1 Å². The van der Waals surface area contributed by atoms with Crippen LogP contribution in [0.3, 0.4) is 0 Å². The van der Waals surface area contributed by atoms with Gasteiger partial charge in [0.15, 0.2) is 5.78 Å². The molecule has 6 heteroatoms. The lowest BCUT2D eigenvalue weighted by Gasteiger charge is -2.13. The van der Waals surface area contributed by atoms with E-state index in [0.717, 1.165) is 59.2 Å². The summed E-state index contributed by atoms with van der Waals surface area (Å²) in [4.78, 5) is 10.9. The minimum Gasteiger partial charge on any atom is -0.512 e. The van der Waals surface area contributed by atoms with E-state index >= 15 is 0 Å². The molecule has 0 saturated carbocycles. The van der Waals surface area contributed by atoms with E-state index in [1.165, 1.54) is 45.1 Å².